The van der Waals surface area contributed by atoms with E-state index in [4.69, 9.17) is 4.74 Å². The van der Waals surface area contributed by atoms with Crippen molar-refractivity contribution in [3.8, 4) is 5.75 Å². The number of hydrogen-bond acceptors (Lipinski definition) is 5. The van der Waals surface area contributed by atoms with Crippen molar-refractivity contribution in [2.75, 3.05) is 12.4 Å². The van der Waals surface area contributed by atoms with Gasteiger partial charge in [-0.2, -0.15) is 0 Å². The van der Waals surface area contributed by atoms with Crippen molar-refractivity contribution < 1.29 is 24.2 Å². The molecular formula is C32H39N3O5. The molecule has 40 heavy (non-hydrogen) atoms. The van der Waals surface area contributed by atoms with E-state index in [0.29, 0.717) is 16.8 Å². The second-order valence-electron chi connectivity index (χ2n) is 11.1. The van der Waals surface area contributed by atoms with Gasteiger partial charge >= 0.3 is 6.09 Å². The summed E-state index contributed by atoms with van der Waals surface area (Å²) < 4.78 is 5.43. The van der Waals surface area contributed by atoms with E-state index in [-0.39, 0.29) is 18.1 Å². The summed E-state index contributed by atoms with van der Waals surface area (Å²) >= 11 is 0. The molecule has 0 aliphatic heterocycles. The molecule has 0 fully saturated rings. The molecule has 0 saturated heterocycles. The van der Waals surface area contributed by atoms with E-state index in [2.05, 4.69) is 10.6 Å². The third-order valence-electron chi connectivity index (χ3n) is 6.31. The Kier molecular flexibility index (Phi) is 9.58. The zero-order valence-electron chi connectivity index (χ0n) is 24.2. The number of nitrogens with one attached hydrogen (secondary N) is 2. The van der Waals surface area contributed by atoms with Gasteiger partial charge in [0.05, 0.1) is 0 Å². The minimum atomic E-state index is -1.04. The molecule has 0 saturated carbocycles. The lowest BCUT2D eigenvalue weighted by molar-refractivity contribution is -0.139. The Labute approximate surface area is 236 Å². The summed E-state index contributed by atoms with van der Waals surface area (Å²) in [4.78, 5) is 42.0. The lowest BCUT2D eigenvalue weighted by atomic mass is 9.98. The van der Waals surface area contributed by atoms with Crippen molar-refractivity contribution in [1.29, 1.82) is 0 Å². The molecule has 3 rings (SSSR count). The highest BCUT2D eigenvalue weighted by molar-refractivity contribution is 5.99. The number of hydrogen-bond donors (Lipinski definition) is 3. The van der Waals surface area contributed by atoms with Gasteiger partial charge in [0.15, 0.2) is 0 Å². The van der Waals surface area contributed by atoms with Crippen LogP contribution in [0.25, 0.3) is 0 Å². The molecule has 3 amide bonds. The number of amides is 3. The number of benzene rings is 3. The molecule has 0 aliphatic carbocycles. The van der Waals surface area contributed by atoms with Crippen LogP contribution in [0.15, 0.2) is 66.7 Å². The third-order valence-corrected chi connectivity index (χ3v) is 6.31. The third kappa shape index (κ3) is 8.33. The first-order valence-electron chi connectivity index (χ1n) is 13.2. The van der Waals surface area contributed by atoms with Gasteiger partial charge in [0, 0.05) is 19.2 Å². The van der Waals surface area contributed by atoms with Gasteiger partial charge in [-0.15, -0.1) is 0 Å². The highest BCUT2D eigenvalue weighted by Crippen LogP contribution is 2.26. The molecule has 3 aromatic rings. The smallest absolute Gasteiger partial charge is 0.408 e. The van der Waals surface area contributed by atoms with Gasteiger partial charge in [-0.25, -0.2) is 4.79 Å². The average molecular weight is 546 g/mol. The number of anilines is 1. The molecule has 3 N–H and O–H groups in total. The lowest BCUT2D eigenvalue weighted by Crippen LogP contribution is -2.52. The van der Waals surface area contributed by atoms with Crippen LogP contribution in [0, 0.1) is 20.8 Å². The maximum Gasteiger partial charge on any atom is 0.408 e. The van der Waals surface area contributed by atoms with Crippen molar-refractivity contribution in [3.63, 3.8) is 0 Å². The van der Waals surface area contributed by atoms with Gasteiger partial charge < -0.3 is 25.4 Å². The number of likely N-dealkylation sites (N-methyl/N-ethyl adjacent to an activating group) is 1. The van der Waals surface area contributed by atoms with E-state index in [1.165, 1.54) is 17.0 Å². The Bertz CT molecular complexity index is 1340. The van der Waals surface area contributed by atoms with E-state index in [9.17, 15) is 19.5 Å². The molecule has 3 aromatic carbocycles. The number of alkyl carbamates (subject to hydrolysis) is 1. The van der Waals surface area contributed by atoms with Crippen LogP contribution in [-0.4, -0.2) is 46.6 Å². The van der Waals surface area contributed by atoms with Crippen LogP contribution in [0.3, 0.4) is 0 Å². The normalized spacial score (nSPS) is 12.7. The van der Waals surface area contributed by atoms with E-state index in [1.807, 2.05) is 63.2 Å². The summed E-state index contributed by atoms with van der Waals surface area (Å²) in [6.07, 6.45) is -0.618. The van der Waals surface area contributed by atoms with Crippen LogP contribution in [0.2, 0.25) is 0 Å². The number of carbonyl (C=O) groups excluding carboxylic acids is 3. The molecule has 8 heteroatoms. The number of phenols is 1. The van der Waals surface area contributed by atoms with Crippen molar-refractivity contribution in [1.82, 2.24) is 10.2 Å². The second kappa shape index (κ2) is 12.7. The molecule has 2 unspecified atom stereocenters. The van der Waals surface area contributed by atoms with E-state index in [1.54, 1.807) is 40.0 Å². The monoisotopic (exact) mass is 545 g/mol. The summed E-state index contributed by atoms with van der Waals surface area (Å²) in [5.41, 5.74) is 4.05. The number of aromatic hydroxyl groups is 1. The highest BCUT2D eigenvalue weighted by atomic mass is 16.6. The highest BCUT2D eigenvalue weighted by Gasteiger charge is 2.34. The van der Waals surface area contributed by atoms with E-state index < -0.39 is 29.7 Å². The van der Waals surface area contributed by atoms with Gasteiger partial charge in [0.2, 0.25) is 5.91 Å². The number of ether oxygens (including phenoxy) is 1. The number of carbonyl (C=O) groups is 3. The maximum atomic E-state index is 14.1. The van der Waals surface area contributed by atoms with Gasteiger partial charge in [-0.05, 0) is 76.4 Å². The lowest BCUT2D eigenvalue weighted by Gasteiger charge is -2.32. The summed E-state index contributed by atoms with van der Waals surface area (Å²) in [6, 6.07) is 17.6. The summed E-state index contributed by atoms with van der Waals surface area (Å²) in [5, 5.41) is 15.4. The fourth-order valence-electron chi connectivity index (χ4n) is 4.52. The molecular weight excluding hydrogens is 506 g/mol. The Morgan fingerprint density at radius 3 is 2.10 bits per heavy atom. The zero-order chi connectivity index (χ0) is 29.6. The van der Waals surface area contributed by atoms with Crippen molar-refractivity contribution in [2.24, 2.45) is 0 Å². The van der Waals surface area contributed by atoms with Gasteiger partial charge in [0.1, 0.15) is 23.4 Å². The number of phenolic OH excluding ortho intramolecular Hbond substituents is 1. The standard InChI is InChI=1S/C32H39N3O5/c1-20-16-21(2)18-24(17-20)28(29(37)33-26-11-9-8-10-22(26)3)35(7)30(38)27(34-31(39)40-32(4,5)6)19-23-12-14-25(36)15-13-23/h8-18,27-28,36H,19H2,1-7H3,(H,33,37)(H,34,39). The van der Waals surface area contributed by atoms with Crippen LogP contribution in [0.5, 0.6) is 5.75 Å². The van der Waals surface area contributed by atoms with E-state index in [0.717, 1.165) is 16.7 Å². The number of aryl methyl sites for hydroxylation is 3. The maximum absolute atomic E-state index is 14.1. The summed E-state index contributed by atoms with van der Waals surface area (Å²) in [6.45, 7) is 11.0. The summed E-state index contributed by atoms with van der Waals surface area (Å²) in [5.74, 6) is -0.759. The average Bonchev–Trinajstić information content (AvgIpc) is 2.84. The molecule has 0 bridgehead atoms. The molecule has 2 atom stereocenters. The minimum Gasteiger partial charge on any atom is -0.508 e. The second-order valence-corrected chi connectivity index (χ2v) is 11.1. The van der Waals surface area contributed by atoms with Crippen molar-refractivity contribution >= 4 is 23.6 Å². The molecule has 0 aromatic heterocycles. The Balaban J connectivity index is 1.99. The Morgan fingerprint density at radius 2 is 1.52 bits per heavy atom. The van der Waals surface area contributed by atoms with Crippen molar-refractivity contribution in [3.05, 3.63) is 94.5 Å². The topological polar surface area (TPSA) is 108 Å². The van der Waals surface area contributed by atoms with Crippen LogP contribution < -0.4 is 10.6 Å². The first-order chi connectivity index (χ1) is 18.7. The number of para-hydroxylation sites is 1. The van der Waals surface area contributed by atoms with Gasteiger partial charge in [-0.1, -0.05) is 59.7 Å². The van der Waals surface area contributed by atoms with Crippen LogP contribution in [0.1, 0.15) is 54.6 Å². The molecule has 0 radical (unpaired) electrons. The fourth-order valence-corrected chi connectivity index (χ4v) is 4.52. The first kappa shape index (κ1) is 30.2. The molecule has 212 valence electrons. The quantitative estimate of drug-likeness (QED) is 0.342. The van der Waals surface area contributed by atoms with Gasteiger partial charge in [-0.3, -0.25) is 9.59 Å². The first-order valence-corrected chi connectivity index (χ1v) is 13.2. The zero-order valence-corrected chi connectivity index (χ0v) is 24.2. The predicted octanol–water partition coefficient (Wildman–Crippen LogP) is 5.59. The molecule has 0 spiro atoms. The predicted molar refractivity (Wildman–Crippen MR) is 156 cm³/mol. The van der Waals surface area contributed by atoms with Crippen molar-refractivity contribution in [2.45, 2.75) is 65.6 Å². The SMILES string of the molecule is Cc1cc(C)cc(C(C(=O)Nc2ccccc2C)N(C)C(=O)C(Cc2ccc(O)cc2)NC(=O)OC(C)(C)C)c1. The van der Waals surface area contributed by atoms with Crippen LogP contribution in [0.4, 0.5) is 10.5 Å². The Hall–Kier alpha value is -4.33. The number of rotatable bonds is 8. The van der Waals surface area contributed by atoms with E-state index >= 15 is 0 Å². The fraction of sp³-hybridized carbons (Fsp3) is 0.344. The Morgan fingerprint density at radius 1 is 0.925 bits per heavy atom. The summed E-state index contributed by atoms with van der Waals surface area (Å²) in [7, 11) is 1.56. The van der Waals surface area contributed by atoms with Crippen LogP contribution in [-0.2, 0) is 20.7 Å². The molecule has 8 nitrogen and oxygen atoms in total. The van der Waals surface area contributed by atoms with Gasteiger partial charge in [0.25, 0.3) is 5.91 Å². The molecule has 0 heterocycles. The minimum absolute atomic E-state index is 0.0894. The van der Waals surface area contributed by atoms with Crippen LogP contribution >= 0.6 is 0 Å². The largest absolute Gasteiger partial charge is 0.508 e. The number of nitrogens with zero attached hydrogens (tertiary/aromatic N) is 1. The molecule has 0 aliphatic rings.